The maximum atomic E-state index is 10.4. The third-order valence-electron chi connectivity index (χ3n) is 1.96. The number of nitro benzene ring substituents is 1. The summed E-state index contributed by atoms with van der Waals surface area (Å²) in [6.07, 6.45) is 2.54. The van der Waals surface area contributed by atoms with E-state index in [1.807, 2.05) is 0 Å². The largest absolute Gasteiger partial charge is 0.425 e. The minimum Gasteiger partial charge on any atom is -0.425 e. The third kappa shape index (κ3) is 2.41. The average molecular weight is 219 g/mol. The Balaban J connectivity index is 2.08. The van der Waals surface area contributed by atoms with Gasteiger partial charge in [-0.3, -0.25) is 10.1 Å². The molecule has 0 aliphatic carbocycles. The van der Waals surface area contributed by atoms with Crippen molar-refractivity contribution >= 4 is 17.9 Å². The highest BCUT2D eigenvalue weighted by Gasteiger charge is 2.07. The van der Waals surface area contributed by atoms with Crippen molar-refractivity contribution in [3.05, 3.63) is 34.4 Å². The molecular formula is C10H9N3O3. The standard InChI is InChI=1S/C10H9N3O3/c14-13(15)8-2-4-9(5-3-8)16-10-11-6-1-7-12-10/h2-6H,1,7H2. The molecule has 0 unspecified atom stereocenters. The molecule has 1 aromatic rings. The summed E-state index contributed by atoms with van der Waals surface area (Å²) in [5.41, 5.74) is 0.0291. The Labute approximate surface area is 91.4 Å². The van der Waals surface area contributed by atoms with Crippen molar-refractivity contribution in [1.82, 2.24) is 0 Å². The topological polar surface area (TPSA) is 77.1 Å². The van der Waals surface area contributed by atoms with Crippen molar-refractivity contribution in [3.63, 3.8) is 0 Å². The molecule has 0 spiro atoms. The maximum Gasteiger partial charge on any atom is 0.316 e. The number of aliphatic imine (C=N–C) groups is 2. The van der Waals surface area contributed by atoms with Gasteiger partial charge in [0.15, 0.2) is 0 Å². The van der Waals surface area contributed by atoms with Crippen LogP contribution in [-0.2, 0) is 0 Å². The van der Waals surface area contributed by atoms with Crippen LogP contribution in [0.25, 0.3) is 0 Å². The molecule has 1 heterocycles. The molecule has 0 atom stereocenters. The maximum absolute atomic E-state index is 10.4. The van der Waals surface area contributed by atoms with Crippen LogP contribution in [0.1, 0.15) is 6.42 Å². The van der Waals surface area contributed by atoms with Crippen LogP contribution in [0.4, 0.5) is 5.69 Å². The van der Waals surface area contributed by atoms with Gasteiger partial charge in [-0.1, -0.05) is 0 Å². The van der Waals surface area contributed by atoms with Gasteiger partial charge in [-0.05, 0) is 12.1 Å². The van der Waals surface area contributed by atoms with Gasteiger partial charge >= 0.3 is 6.02 Å². The number of rotatable bonds is 2. The zero-order valence-corrected chi connectivity index (χ0v) is 8.37. The molecule has 0 bridgehead atoms. The molecule has 0 saturated carbocycles. The monoisotopic (exact) mass is 219 g/mol. The van der Waals surface area contributed by atoms with Crippen LogP contribution in [0.2, 0.25) is 0 Å². The molecule has 82 valence electrons. The number of hydrogen-bond donors (Lipinski definition) is 0. The summed E-state index contributed by atoms with van der Waals surface area (Å²) < 4.78 is 5.32. The molecule has 1 aliphatic heterocycles. The average Bonchev–Trinajstić information content (AvgIpc) is 2.31. The van der Waals surface area contributed by atoms with E-state index in [0.717, 1.165) is 6.42 Å². The first kappa shape index (κ1) is 10.3. The molecule has 6 nitrogen and oxygen atoms in total. The van der Waals surface area contributed by atoms with Crippen LogP contribution in [0, 0.1) is 10.1 Å². The van der Waals surface area contributed by atoms with Crippen LogP contribution in [0.3, 0.4) is 0 Å². The molecule has 16 heavy (non-hydrogen) atoms. The minimum absolute atomic E-state index is 0.0291. The highest BCUT2D eigenvalue weighted by molar-refractivity contribution is 5.86. The van der Waals surface area contributed by atoms with Gasteiger partial charge in [0.1, 0.15) is 5.75 Å². The smallest absolute Gasteiger partial charge is 0.316 e. The van der Waals surface area contributed by atoms with Crippen LogP contribution >= 0.6 is 0 Å². The minimum atomic E-state index is -0.458. The number of non-ortho nitro benzene ring substituents is 1. The summed E-state index contributed by atoms with van der Waals surface area (Å²) in [5.74, 6) is 0.489. The molecule has 1 aliphatic rings. The summed E-state index contributed by atoms with van der Waals surface area (Å²) in [6, 6.07) is 6.08. The van der Waals surface area contributed by atoms with Gasteiger partial charge in [0.25, 0.3) is 5.69 Å². The zero-order chi connectivity index (χ0) is 11.4. The Bertz CT molecular complexity index is 451. The number of amidine groups is 1. The van der Waals surface area contributed by atoms with Crippen molar-refractivity contribution < 1.29 is 9.66 Å². The van der Waals surface area contributed by atoms with Crippen LogP contribution in [0.15, 0.2) is 34.3 Å². The Kier molecular flexibility index (Phi) is 2.90. The lowest BCUT2D eigenvalue weighted by atomic mass is 10.3. The summed E-state index contributed by atoms with van der Waals surface area (Å²) in [4.78, 5) is 18.0. The predicted octanol–water partition coefficient (Wildman–Crippen LogP) is 1.80. The van der Waals surface area contributed by atoms with Gasteiger partial charge in [0, 0.05) is 31.3 Å². The first-order valence-electron chi connectivity index (χ1n) is 4.75. The van der Waals surface area contributed by atoms with E-state index in [1.165, 1.54) is 24.3 Å². The van der Waals surface area contributed by atoms with E-state index in [4.69, 9.17) is 4.74 Å². The molecule has 0 fully saturated rings. The molecule has 0 radical (unpaired) electrons. The first-order valence-corrected chi connectivity index (χ1v) is 4.75. The second-order valence-corrected chi connectivity index (χ2v) is 3.12. The van der Waals surface area contributed by atoms with Gasteiger partial charge in [-0.15, -0.1) is 0 Å². The number of benzene rings is 1. The van der Waals surface area contributed by atoms with E-state index in [9.17, 15) is 10.1 Å². The van der Waals surface area contributed by atoms with Crippen LogP contribution in [0.5, 0.6) is 5.75 Å². The van der Waals surface area contributed by atoms with Crippen LogP contribution < -0.4 is 4.74 Å². The Morgan fingerprint density at radius 1 is 1.31 bits per heavy atom. The fourth-order valence-electron chi connectivity index (χ4n) is 1.20. The van der Waals surface area contributed by atoms with Crippen molar-refractivity contribution in [1.29, 1.82) is 0 Å². The van der Waals surface area contributed by atoms with Crippen molar-refractivity contribution in [2.24, 2.45) is 9.98 Å². The molecule has 0 amide bonds. The lowest BCUT2D eigenvalue weighted by Crippen LogP contribution is -2.10. The predicted molar refractivity (Wildman–Crippen MR) is 59.1 cm³/mol. The normalized spacial score (nSPS) is 14.4. The second kappa shape index (κ2) is 4.52. The van der Waals surface area contributed by atoms with E-state index < -0.39 is 4.92 Å². The Morgan fingerprint density at radius 2 is 2.06 bits per heavy atom. The molecular weight excluding hydrogens is 210 g/mol. The summed E-state index contributed by atoms with van der Waals surface area (Å²) in [7, 11) is 0. The third-order valence-corrected chi connectivity index (χ3v) is 1.96. The van der Waals surface area contributed by atoms with E-state index in [0.29, 0.717) is 18.3 Å². The Hall–Kier alpha value is -2.24. The summed E-state index contributed by atoms with van der Waals surface area (Å²) in [5, 5.41) is 10.4. The fourth-order valence-corrected chi connectivity index (χ4v) is 1.20. The summed E-state index contributed by atoms with van der Waals surface area (Å²) >= 11 is 0. The molecule has 0 saturated heterocycles. The lowest BCUT2D eigenvalue weighted by Gasteiger charge is -2.06. The van der Waals surface area contributed by atoms with Crippen LogP contribution in [-0.4, -0.2) is 23.7 Å². The van der Waals surface area contributed by atoms with Gasteiger partial charge in [0.05, 0.1) is 4.92 Å². The molecule has 2 rings (SSSR count). The first-order chi connectivity index (χ1) is 7.75. The van der Waals surface area contributed by atoms with Crippen molar-refractivity contribution in [2.45, 2.75) is 6.42 Å². The van der Waals surface area contributed by atoms with E-state index >= 15 is 0 Å². The lowest BCUT2D eigenvalue weighted by molar-refractivity contribution is -0.384. The molecule has 1 aromatic carbocycles. The molecule has 0 aromatic heterocycles. The number of nitrogens with zero attached hydrogens (tertiary/aromatic N) is 3. The molecule has 0 N–H and O–H groups in total. The van der Waals surface area contributed by atoms with E-state index in [2.05, 4.69) is 9.98 Å². The highest BCUT2D eigenvalue weighted by atomic mass is 16.6. The summed E-state index contributed by atoms with van der Waals surface area (Å²) in [6.45, 7) is 0.659. The molecule has 6 heteroatoms. The zero-order valence-electron chi connectivity index (χ0n) is 8.37. The SMILES string of the molecule is O=[N+]([O-])c1ccc(OC2=NCCC=N2)cc1. The van der Waals surface area contributed by atoms with E-state index in [1.54, 1.807) is 6.21 Å². The number of hydrogen-bond acceptors (Lipinski definition) is 5. The van der Waals surface area contributed by atoms with Crippen molar-refractivity contribution in [3.8, 4) is 5.75 Å². The number of nitro groups is 1. The van der Waals surface area contributed by atoms with Gasteiger partial charge in [0.2, 0.25) is 0 Å². The van der Waals surface area contributed by atoms with E-state index in [-0.39, 0.29) is 5.69 Å². The highest BCUT2D eigenvalue weighted by Crippen LogP contribution is 2.17. The fraction of sp³-hybridized carbons (Fsp3) is 0.200. The van der Waals surface area contributed by atoms with Crippen molar-refractivity contribution in [2.75, 3.05) is 6.54 Å². The Morgan fingerprint density at radius 3 is 2.62 bits per heavy atom. The second-order valence-electron chi connectivity index (χ2n) is 3.12. The van der Waals surface area contributed by atoms with Gasteiger partial charge < -0.3 is 4.74 Å². The van der Waals surface area contributed by atoms with Gasteiger partial charge in [-0.2, -0.15) is 0 Å². The van der Waals surface area contributed by atoms with Gasteiger partial charge in [-0.25, -0.2) is 9.98 Å². The number of ether oxygens (including phenoxy) is 1. The quantitative estimate of drug-likeness (QED) is 0.562.